The summed E-state index contributed by atoms with van der Waals surface area (Å²) in [7, 11) is 1.41. The second-order valence-corrected chi connectivity index (χ2v) is 3.88. The lowest BCUT2D eigenvalue weighted by Crippen LogP contribution is -2.52. The van der Waals surface area contributed by atoms with Gasteiger partial charge in [0.1, 0.15) is 0 Å². The molecule has 2 amide bonds. The predicted molar refractivity (Wildman–Crippen MR) is 62.0 cm³/mol. The standard InChI is InChI=1S/C10H19N3O5/c1-17-8(6-9(14)15)7-11-10(16)12-13-2-4-18-5-3-13/h8H,2-7H2,1H3,(H,14,15)(H2,11,12,16). The summed E-state index contributed by atoms with van der Waals surface area (Å²) in [6, 6.07) is -0.371. The molecule has 0 spiro atoms. The molecule has 0 aromatic heterocycles. The second kappa shape index (κ2) is 7.85. The number of carboxylic acid groups (broad SMARTS) is 1. The van der Waals surface area contributed by atoms with E-state index in [9.17, 15) is 9.59 Å². The van der Waals surface area contributed by atoms with Gasteiger partial charge in [-0.3, -0.25) is 10.2 Å². The molecule has 1 aliphatic heterocycles. The first kappa shape index (κ1) is 14.7. The van der Waals surface area contributed by atoms with E-state index in [1.807, 2.05) is 0 Å². The molecule has 1 rings (SSSR count). The van der Waals surface area contributed by atoms with Crippen molar-refractivity contribution in [2.75, 3.05) is 40.0 Å². The predicted octanol–water partition coefficient (Wildman–Crippen LogP) is -0.977. The van der Waals surface area contributed by atoms with E-state index in [2.05, 4.69) is 10.7 Å². The number of methoxy groups -OCH3 is 1. The van der Waals surface area contributed by atoms with E-state index in [4.69, 9.17) is 14.6 Å². The maximum absolute atomic E-state index is 11.5. The Bertz CT molecular complexity index is 281. The summed E-state index contributed by atoms with van der Waals surface area (Å²) in [4.78, 5) is 22.0. The van der Waals surface area contributed by atoms with E-state index in [-0.39, 0.29) is 19.0 Å². The number of urea groups is 1. The normalized spacial score (nSPS) is 18.1. The SMILES string of the molecule is COC(CNC(=O)NN1CCOCC1)CC(=O)O. The fourth-order valence-electron chi connectivity index (χ4n) is 1.50. The van der Waals surface area contributed by atoms with Gasteiger partial charge in [-0.15, -0.1) is 0 Å². The van der Waals surface area contributed by atoms with Crippen LogP contribution in [0.15, 0.2) is 0 Å². The molecule has 104 valence electrons. The molecule has 1 aliphatic rings. The average Bonchev–Trinajstić information content (AvgIpc) is 2.35. The van der Waals surface area contributed by atoms with Gasteiger partial charge in [0.2, 0.25) is 0 Å². The lowest BCUT2D eigenvalue weighted by Gasteiger charge is -2.27. The molecule has 8 heteroatoms. The third-order valence-electron chi connectivity index (χ3n) is 2.50. The number of nitrogens with one attached hydrogen (secondary N) is 2. The number of ether oxygens (including phenoxy) is 2. The topological polar surface area (TPSA) is 100 Å². The van der Waals surface area contributed by atoms with Gasteiger partial charge in [-0.25, -0.2) is 9.80 Å². The van der Waals surface area contributed by atoms with Crippen LogP contribution in [0.4, 0.5) is 4.79 Å². The summed E-state index contributed by atoms with van der Waals surface area (Å²) < 4.78 is 10.1. The van der Waals surface area contributed by atoms with Gasteiger partial charge in [-0.2, -0.15) is 0 Å². The number of nitrogens with zero attached hydrogens (tertiary/aromatic N) is 1. The van der Waals surface area contributed by atoms with Crippen molar-refractivity contribution >= 4 is 12.0 Å². The van der Waals surface area contributed by atoms with Gasteiger partial charge in [-0.05, 0) is 0 Å². The van der Waals surface area contributed by atoms with Crippen LogP contribution in [-0.4, -0.2) is 68.2 Å². The number of hydrazine groups is 1. The zero-order valence-electron chi connectivity index (χ0n) is 10.3. The number of aliphatic carboxylic acids is 1. The van der Waals surface area contributed by atoms with Crippen molar-refractivity contribution in [3.05, 3.63) is 0 Å². The summed E-state index contributed by atoms with van der Waals surface area (Å²) in [6.45, 7) is 2.59. The molecular weight excluding hydrogens is 242 g/mol. The minimum absolute atomic E-state index is 0.145. The summed E-state index contributed by atoms with van der Waals surface area (Å²) in [5.41, 5.74) is 2.65. The highest BCUT2D eigenvalue weighted by molar-refractivity contribution is 5.73. The number of carbonyl (C=O) groups is 2. The Morgan fingerprint density at radius 3 is 2.67 bits per heavy atom. The van der Waals surface area contributed by atoms with E-state index in [0.29, 0.717) is 26.3 Å². The molecule has 1 heterocycles. The highest BCUT2D eigenvalue weighted by Gasteiger charge is 2.16. The van der Waals surface area contributed by atoms with Crippen molar-refractivity contribution in [2.45, 2.75) is 12.5 Å². The fraction of sp³-hybridized carbons (Fsp3) is 0.800. The van der Waals surface area contributed by atoms with Gasteiger partial charge in [-0.1, -0.05) is 0 Å². The van der Waals surface area contributed by atoms with Crippen LogP contribution in [0.2, 0.25) is 0 Å². The highest BCUT2D eigenvalue weighted by atomic mass is 16.5. The molecule has 0 saturated carbocycles. The van der Waals surface area contributed by atoms with Crippen LogP contribution in [-0.2, 0) is 14.3 Å². The van der Waals surface area contributed by atoms with E-state index in [1.54, 1.807) is 5.01 Å². The molecule has 1 atom stereocenters. The molecule has 1 fully saturated rings. The number of morpholine rings is 1. The Hall–Kier alpha value is -1.38. The maximum atomic E-state index is 11.5. The first-order chi connectivity index (χ1) is 8.61. The number of hydrogen-bond acceptors (Lipinski definition) is 5. The average molecular weight is 261 g/mol. The Labute approximate surface area is 105 Å². The molecule has 0 aromatic rings. The Morgan fingerprint density at radius 2 is 2.11 bits per heavy atom. The molecule has 1 unspecified atom stereocenters. The molecule has 0 aliphatic carbocycles. The van der Waals surface area contributed by atoms with E-state index >= 15 is 0 Å². The van der Waals surface area contributed by atoms with Crippen molar-refractivity contribution in [3.8, 4) is 0 Å². The smallest absolute Gasteiger partial charge is 0.329 e. The maximum Gasteiger partial charge on any atom is 0.329 e. The number of hydrogen-bond donors (Lipinski definition) is 3. The minimum Gasteiger partial charge on any atom is -0.481 e. The van der Waals surface area contributed by atoms with Gasteiger partial charge in [0, 0.05) is 26.7 Å². The Morgan fingerprint density at radius 1 is 1.44 bits per heavy atom. The lowest BCUT2D eigenvalue weighted by molar-refractivity contribution is -0.139. The first-order valence-corrected chi connectivity index (χ1v) is 5.73. The number of carbonyl (C=O) groups excluding carboxylic acids is 1. The van der Waals surface area contributed by atoms with Crippen molar-refractivity contribution in [2.24, 2.45) is 0 Å². The molecule has 18 heavy (non-hydrogen) atoms. The van der Waals surface area contributed by atoms with Gasteiger partial charge >= 0.3 is 12.0 Å². The molecule has 0 bridgehead atoms. The summed E-state index contributed by atoms with van der Waals surface area (Å²) in [5, 5.41) is 12.9. The second-order valence-electron chi connectivity index (χ2n) is 3.88. The van der Waals surface area contributed by atoms with Crippen LogP contribution in [0.3, 0.4) is 0 Å². The largest absolute Gasteiger partial charge is 0.481 e. The van der Waals surface area contributed by atoms with E-state index < -0.39 is 12.1 Å². The first-order valence-electron chi connectivity index (χ1n) is 5.73. The monoisotopic (exact) mass is 261 g/mol. The number of carboxylic acids is 1. The zero-order valence-corrected chi connectivity index (χ0v) is 10.3. The van der Waals surface area contributed by atoms with Gasteiger partial charge in [0.05, 0.1) is 25.7 Å². The molecular formula is C10H19N3O5. The van der Waals surface area contributed by atoms with Crippen LogP contribution >= 0.6 is 0 Å². The lowest BCUT2D eigenvalue weighted by atomic mass is 10.2. The number of amides is 2. The summed E-state index contributed by atoms with van der Waals surface area (Å²) >= 11 is 0. The van der Waals surface area contributed by atoms with E-state index in [0.717, 1.165) is 0 Å². The third-order valence-corrected chi connectivity index (χ3v) is 2.50. The molecule has 1 saturated heterocycles. The molecule has 0 radical (unpaired) electrons. The Balaban J connectivity index is 2.20. The molecule has 3 N–H and O–H groups in total. The van der Waals surface area contributed by atoms with Crippen molar-refractivity contribution < 1.29 is 24.2 Å². The van der Waals surface area contributed by atoms with Crippen LogP contribution in [0.5, 0.6) is 0 Å². The van der Waals surface area contributed by atoms with Crippen molar-refractivity contribution in [3.63, 3.8) is 0 Å². The summed E-state index contributed by atoms with van der Waals surface area (Å²) in [6.07, 6.45) is -0.674. The minimum atomic E-state index is -0.961. The molecule has 0 aromatic carbocycles. The summed E-state index contributed by atoms with van der Waals surface area (Å²) in [5.74, 6) is -0.961. The van der Waals surface area contributed by atoms with Gasteiger partial charge in [0.25, 0.3) is 0 Å². The van der Waals surface area contributed by atoms with Crippen LogP contribution in [0.25, 0.3) is 0 Å². The zero-order chi connectivity index (χ0) is 13.4. The van der Waals surface area contributed by atoms with Crippen LogP contribution in [0.1, 0.15) is 6.42 Å². The highest BCUT2D eigenvalue weighted by Crippen LogP contribution is 1.96. The van der Waals surface area contributed by atoms with Crippen LogP contribution in [0, 0.1) is 0 Å². The Kier molecular flexibility index (Phi) is 6.40. The third kappa shape index (κ3) is 5.80. The fourth-order valence-corrected chi connectivity index (χ4v) is 1.50. The van der Waals surface area contributed by atoms with Crippen molar-refractivity contribution in [1.82, 2.24) is 15.8 Å². The van der Waals surface area contributed by atoms with Gasteiger partial charge < -0.3 is 19.9 Å². The number of rotatable bonds is 6. The van der Waals surface area contributed by atoms with Crippen LogP contribution < -0.4 is 10.7 Å². The van der Waals surface area contributed by atoms with Crippen molar-refractivity contribution in [1.29, 1.82) is 0 Å². The van der Waals surface area contributed by atoms with E-state index in [1.165, 1.54) is 7.11 Å². The molecule has 8 nitrogen and oxygen atoms in total. The quantitative estimate of drug-likeness (QED) is 0.568. The van der Waals surface area contributed by atoms with Gasteiger partial charge in [0.15, 0.2) is 0 Å².